The minimum absolute atomic E-state index is 0.947. The van der Waals surface area contributed by atoms with Gasteiger partial charge in [-0.25, -0.2) is 4.68 Å². The number of hydrogen-bond acceptors (Lipinski definition) is 4. The van der Waals surface area contributed by atoms with Gasteiger partial charge >= 0.3 is 0 Å². The van der Waals surface area contributed by atoms with Crippen LogP contribution in [0.2, 0.25) is 0 Å². The summed E-state index contributed by atoms with van der Waals surface area (Å²) in [6.07, 6.45) is 1.88. The summed E-state index contributed by atoms with van der Waals surface area (Å²) in [4.78, 5) is 9.47. The van der Waals surface area contributed by atoms with Gasteiger partial charge in [-0.2, -0.15) is 5.10 Å². The molecule has 27 heavy (non-hydrogen) atoms. The molecule has 3 heterocycles. The predicted octanol–water partition coefficient (Wildman–Crippen LogP) is 3.20. The largest absolute Gasteiger partial charge is 0.297 e. The zero-order chi connectivity index (χ0) is 18.6. The van der Waals surface area contributed by atoms with Gasteiger partial charge in [0.1, 0.15) is 0 Å². The minimum atomic E-state index is 0.947. The van der Waals surface area contributed by atoms with Crippen LogP contribution in [-0.2, 0) is 13.1 Å². The fourth-order valence-electron chi connectivity index (χ4n) is 3.76. The topological polar surface area (TPSA) is 37.2 Å². The van der Waals surface area contributed by atoms with Crippen molar-refractivity contribution in [3.05, 3.63) is 77.4 Å². The number of aryl methyl sites for hydroxylation is 2. The lowest BCUT2D eigenvalue weighted by Crippen LogP contribution is -2.45. The fraction of sp³-hybridized carbons (Fsp3) is 0.364. The molecule has 0 spiro atoms. The van der Waals surface area contributed by atoms with Crippen LogP contribution in [0.3, 0.4) is 0 Å². The molecule has 1 saturated heterocycles. The first-order chi connectivity index (χ1) is 13.2. The number of hydrogen-bond donors (Lipinski definition) is 0. The highest BCUT2D eigenvalue weighted by molar-refractivity contribution is 5.37. The molecule has 0 amide bonds. The molecule has 0 bridgehead atoms. The van der Waals surface area contributed by atoms with Gasteiger partial charge in [0.2, 0.25) is 0 Å². The molecular weight excluding hydrogens is 334 g/mol. The van der Waals surface area contributed by atoms with Crippen molar-refractivity contribution >= 4 is 0 Å². The van der Waals surface area contributed by atoms with E-state index >= 15 is 0 Å². The Hall–Kier alpha value is -2.50. The van der Waals surface area contributed by atoms with Gasteiger partial charge in [0.25, 0.3) is 0 Å². The number of benzene rings is 1. The van der Waals surface area contributed by atoms with Crippen LogP contribution >= 0.6 is 0 Å². The number of aromatic nitrogens is 3. The van der Waals surface area contributed by atoms with Crippen LogP contribution in [0, 0.1) is 13.8 Å². The summed E-state index contributed by atoms with van der Waals surface area (Å²) in [5, 5.41) is 4.61. The molecule has 5 heteroatoms. The number of pyridine rings is 1. The molecule has 140 valence electrons. The van der Waals surface area contributed by atoms with E-state index in [-0.39, 0.29) is 0 Å². The van der Waals surface area contributed by atoms with Crippen molar-refractivity contribution in [2.24, 2.45) is 0 Å². The average Bonchev–Trinajstić information content (AvgIpc) is 3.03. The smallest absolute Gasteiger partial charge is 0.0651 e. The molecule has 1 fully saturated rings. The summed E-state index contributed by atoms with van der Waals surface area (Å²) in [5.74, 6) is 0. The Bertz CT molecular complexity index is 879. The number of piperazine rings is 1. The molecular formula is C22H27N5. The standard InChI is InChI=1S/C22H27N5/c1-18-14-19(2)27(24-18)22-8-5-6-20(15-22)16-25-10-12-26(13-11-25)17-21-7-3-4-9-23-21/h3-9,14-15H,10-13,16-17H2,1-2H3. The van der Waals surface area contributed by atoms with E-state index in [0.717, 1.165) is 56.3 Å². The number of rotatable bonds is 5. The molecule has 0 atom stereocenters. The second kappa shape index (κ2) is 8.03. The molecule has 0 unspecified atom stereocenters. The SMILES string of the molecule is Cc1cc(C)n(-c2cccc(CN3CCN(Cc4ccccn4)CC3)c2)n1. The first-order valence-electron chi connectivity index (χ1n) is 9.64. The summed E-state index contributed by atoms with van der Waals surface area (Å²) in [5.41, 5.74) is 5.88. The Kier molecular flexibility index (Phi) is 5.32. The molecule has 4 rings (SSSR count). The zero-order valence-electron chi connectivity index (χ0n) is 16.2. The zero-order valence-corrected chi connectivity index (χ0v) is 16.2. The van der Waals surface area contributed by atoms with Gasteiger partial charge in [-0.1, -0.05) is 18.2 Å². The van der Waals surface area contributed by atoms with E-state index in [1.54, 1.807) is 0 Å². The third kappa shape index (κ3) is 4.43. The third-order valence-electron chi connectivity index (χ3n) is 5.15. The van der Waals surface area contributed by atoms with Gasteiger partial charge in [0, 0.05) is 51.2 Å². The van der Waals surface area contributed by atoms with Crippen molar-refractivity contribution in [2.45, 2.75) is 26.9 Å². The van der Waals surface area contributed by atoms with Crippen LogP contribution in [0.5, 0.6) is 0 Å². The molecule has 0 N–H and O–H groups in total. The summed E-state index contributed by atoms with van der Waals surface area (Å²) in [6, 6.07) is 17.0. The maximum Gasteiger partial charge on any atom is 0.0651 e. The molecule has 0 aliphatic carbocycles. The first-order valence-corrected chi connectivity index (χ1v) is 9.64. The Morgan fingerprint density at radius 1 is 0.852 bits per heavy atom. The highest BCUT2D eigenvalue weighted by atomic mass is 15.3. The summed E-state index contributed by atoms with van der Waals surface area (Å²) in [7, 11) is 0. The van der Waals surface area contributed by atoms with Gasteiger partial charge in [-0.15, -0.1) is 0 Å². The lowest BCUT2D eigenvalue weighted by molar-refractivity contribution is 0.121. The van der Waals surface area contributed by atoms with Crippen molar-refractivity contribution in [2.75, 3.05) is 26.2 Å². The van der Waals surface area contributed by atoms with Crippen molar-refractivity contribution in [1.82, 2.24) is 24.6 Å². The van der Waals surface area contributed by atoms with Gasteiger partial charge in [-0.05, 0) is 49.7 Å². The lowest BCUT2D eigenvalue weighted by Gasteiger charge is -2.34. The molecule has 1 aliphatic heterocycles. The second-order valence-corrected chi connectivity index (χ2v) is 7.38. The van der Waals surface area contributed by atoms with Gasteiger partial charge in [0.15, 0.2) is 0 Å². The summed E-state index contributed by atoms with van der Waals surface area (Å²) < 4.78 is 2.03. The quantitative estimate of drug-likeness (QED) is 0.699. The molecule has 3 aromatic rings. The third-order valence-corrected chi connectivity index (χ3v) is 5.15. The molecule has 0 saturated carbocycles. The highest BCUT2D eigenvalue weighted by Crippen LogP contribution is 2.16. The fourth-order valence-corrected chi connectivity index (χ4v) is 3.76. The van der Waals surface area contributed by atoms with Crippen molar-refractivity contribution in [1.29, 1.82) is 0 Å². The lowest BCUT2D eigenvalue weighted by atomic mass is 10.1. The van der Waals surface area contributed by atoms with Gasteiger partial charge in [0.05, 0.1) is 17.1 Å². The van der Waals surface area contributed by atoms with Crippen LogP contribution in [0.1, 0.15) is 22.6 Å². The normalized spacial score (nSPS) is 15.9. The van der Waals surface area contributed by atoms with Crippen LogP contribution in [0.15, 0.2) is 54.7 Å². The highest BCUT2D eigenvalue weighted by Gasteiger charge is 2.17. The van der Waals surface area contributed by atoms with E-state index < -0.39 is 0 Å². The maximum atomic E-state index is 4.61. The number of nitrogens with zero attached hydrogens (tertiary/aromatic N) is 5. The molecule has 0 radical (unpaired) electrons. The van der Waals surface area contributed by atoms with E-state index in [0.29, 0.717) is 0 Å². The van der Waals surface area contributed by atoms with E-state index in [9.17, 15) is 0 Å². The Balaban J connectivity index is 1.35. The molecule has 1 aliphatic rings. The summed E-state index contributed by atoms with van der Waals surface area (Å²) >= 11 is 0. The van der Waals surface area contributed by atoms with Crippen molar-refractivity contribution in [3.63, 3.8) is 0 Å². The van der Waals surface area contributed by atoms with Crippen molar-refractivity contribution < 1.29 is 0 Å². The van der Waals surface area contributed by atoms with E-state index in [1.165, 1.54) is 11.3 Å². The average molecular weight is 361 g/mol. The Labute approximate surface area is 161 Å². The van der Waals surface area contributed by atoms with E-state index in [2.05, 4.69) is 69.3 Å². The van der Waals surface area contributed by atoms with E-state index in [4.69, 9.17) is 0 Å². The Morgan fingerprint density at radius 3 is 2.30 bits per heavy atom. The van der Waals surface area contributed by atoms with Crippen LogP contribution in [0.25, 0.3) is 5.69 Å². The molecule has 1 aromatic carbocycles. The van der Waals surface area contributed by atoms with Gasteiger partial charge in [-0.3, -0.25) is 14.8 Å². The molecule has 5 nitrogen and oxygen atoms in total. The van der Waals surface area contributed by atoms with Crippen LogP contribution in [0.4, 0.5) is 0 Å². The molecule has 2 aromatic heterocycles. The predicted molar refractivity (Wildman–Crippen MR) is 108 cm³/mol. The van der Waals surface area contributed by atoms with Crippen molar-refractivity contribution in [3.8, 4) is 5.69 Å². The minimum Gasteiger partial charge on any atom is -0.297 e. The maximum absolute atomic E-state index is 4.61. The first kappa shape index (κ1) is 17.9. The second-order valence-electron chi connectivity index (χ2n) is 7.38. The van der Waals surface area contributed by atoms with Gasteiger partial charge < -0.3 is 0 Å². The van der Waals surface area contributed by atoms with E-state index in [1.807, 2.05) is 23.9 Å². The summed E-state index contributed by atoms with van der Waals surface area (Å²) in [6.45, 7) is 10.5. The Morgan fingerprint density at radius 2 is 1.63 bits per heavy atom. The van der Waals surface area contributed by atoms with Crippen LogP contribution < -0.4 is 0 Å². The monoisotopic (exact) mass is 361 g/mol. The van der Waals surface area contributed by atoms with Crippen LogP contribution in [-0.4, -0.2) is 50.7 Å².